The van der Waals surface area contributed by atoms with E-state index in [0.29, 0.717) is 36.5 Å². The third-order valence-corrected chi connectivity index (χ3v) is 10.3. The average molecular weight is 619 g/mol. The van der Waals surface area contributed by atoms with E-state index < -0.39 is 0 Å². The van der Waals surface area contributed by atoms with Crippen LogP contribution in [0.3, 0.4) is 0 Å². The van der Waals surface area contributed by atoms with Crippen molar-refractivity contribution in [2.24, 2.45) is 12.0 Å². The number of amides is 1. The van der Waals surface area contributed by atoms with E-state index in [0.717, 1.165) is 22.1 Å². The molecule has 11 heteroatoms. The molecule has 0 atom stereocenters. The number of halogens is 1. The first-order valence-corrected chi connectivity index (χ1v) is 15.7. The van der Waals surface area contributed by atoms with Crippen LogP contribution in [0.4, 0.5) is 10.8 Å². The lowest BCUT2D eigenvalue weighted by molar-refractivity contribution is -0.642. The van der Waals surface area contributed by atoms with Crippen molar-refractivity contribution in [2.45, 2.75) is 13.5 Å². The van der Waals surface area contributed by atoms with E-state index in [2.05, 4.69) is 0 Å². The van der Waals surface area contributed by atoms with Gasteiger partial charge < -0.3 is 4.90 Å². The fraction of sp³-hybridized carbons (Fsp3) is 0.133. The monoisotopic (exact) mass is 618 g/mol. The molecule has 41 heavy (non-hydrogen) atoms. The quantitative estimate of drug-likeness (QED) is 0.307. The molecular weight excluding hydrogens is 594 g/mol. The van der Waals surface area contributed by atoms with Crippen molar-refractivity contribution >= 4 is 78.5 Å². The van der Waals surface area contributed by atoms with Crippen molar-refractivity contribution in [1.82, 2.24) is 9.47 Å². The van der Waals surface area contributed by atoms with Gasteiger partial charge in [0, 0.05) is 35.8 Å². The maximum atomic E-state index is 14.1. The summed E-state index contributed by atoms with van der Waals surface area (Å²) in [6.07, 6.45) is 7.66. The van der Waals surface area contributed by atoms with Crippen LogP contribution in [-0.2, 0) is 18.4 Å². The van der Waals surface area contributed by atoms with E-state index in [1.807, 2.05) is 115 Å². The van der Waals surface area contributed by atoms with Crippen LogP contribution in [0.2, 0.25) is 5.02 Å². The Hall–Kier alpha value is -3.70. The smallest absolute Gasteiger partial charge is 0.350 e. The van der Waals surface area contributed by atoms with Gasteiger partial charge in [0.05, 0.1) is 18.4 Å². The summed E-state index contributed by atoms with van der Waals surface area (Å²) in [6.45, 7) is 2.37. The van der Waals surface area contributed by atoms with Gasteiger partial charge in [-0.2, -0.15) is 0 Å². The lowest BCUT2D eigenvalue weighted by Gasteiger charge is -2.16. The number of thiazole rings is 2. The van der Waals surface area contributed by atoms with Gasteiger partial charge >= 0.3 is 5.13 Å². The summed E-state index contributed by atoms with van der Waals surface area (Å²) in [6, 6.07) is 17.2. The van der Waals surface area contributed by atoms with E-state index >= 15 is 0 Å². The number of aromatic nitrogens is 2. The highest BCUT2D eigenvalue weighted by Gasteiger charge is 2.40. The molecule has 0 N–H and O–H groups in total. The SMILES string of the molecule is CCn1c(=O)/c(=C2\C=CC=CN2C)s/c1=C1\S/C(=N\c2scc(-c3ccc(Cl)cc3)[n+]2C)N(c2ccccc2)C1=O. The predicted octanol–water partition coefficient (Wildman–Crippen LogP) is 4.84. The number of thioether (sulfide) groups is 1. The number of carbonyl (C=O) groups excluding carboxylic acids is 1. The molecule has 0 spiro atoms. The number of rotatable bonds is 4. The highest BCUT2D eigenvalue weighted by molar-refractivity contribution is 8.23. The van der Waals surface area contributed by atoms with Crippen molar-refractivity contribution in [3.63, 3.8) is 0 Å². The molecule has 0 unspecified atom stereocenters. The summed E-state index contributed by atoms with van der Waals surface area (Å²) in [5.41, 5.74) is 3.43. The molecule has 4 heterocycles. The topological polar surface area (TPSA) is 61.8 Å². The largest absolute Gasteiger partial charge is 0.385 e. The van der Waals surface area contributed by atoms with E-state index in [1.54, 1.807) is 9.47 Å². The Morgan fingerprint density at radius 3 is 2.49 bits per heavy atom. The maximum Gasteiger partial charge on any atom is 0.385 e. The van der Waals surface area contributed by atoms with Gasteiger partial charge in [-0.3, -0.25) is 14.2 Å². The zero-order chi connectivity index (χ0) is 28.7. The van der Waals surface area contributed by atoms with Crippen LogP contribution in [0, 0.1) is 0 Å². The molecule has 1 saturated heterocycles. The zero-order valence-corrected chi connectivity index (χ0v) is 25.7. The molecule has 6 rings (SSSR count). The highest BCUT2D eigenvalue weighted by atomic mass is 35.5. The number of allylic oxidation sites excluding steroid dienone is 2. The number of aliphatic imine (C=N–C) groups is 1. The molecule has 0 aliphatic carbocycles. The molecule has 4 aromatic rings. The lowest BCUT2D eigenvalue weighted by atomic mass is 10.2. The van der Waals surface area contributed by atoms with Crippen molar-refractivity contribution in [2.75, 3.05) is 11.9 Å². The molecular formula is C30H25ClN5O2S3+. The van der Waals surface area contributed by atoms with Crippen molar-refractivity contribution in [1.29, 1.82) is 0 Å². The number of hydrogen-bond acceptors (Lipinski definition) is 7. The van der Waals surface area contributed by atoms with Gasteiger partial charge in [0.1, 0.15) is 19.8 Å². The first-order chi connectivity index (χ1) is 19.9. The van der Waals surface area contributed by atoms with Crippen LogP contribution in [0.5, 0.6) is 0 Å². The normalized spacial score (nSPS) is 18.7. The molecule has 206 valence electrons. The van der Waals surface area contributed by atoms with Crippen molar-refractivity contribution in [3.05, 3.63) is 109 Å². The molecule has 0 saturated carbocycles. The second kappa shape index (κ2) is 11.3. The molecule has 2 aromatic carbocycles. The van der Waals surface area contributed by atoms with Gasteiger partial charge in [-0.05, 0) is 72.2 Å². The van der Waals surface area contributed by atoms with Gasteiger partial charge in [-0.25, -0.2) is 9.47 Å². The fourth-order valence-electron chi connectivity index (χ4n) is 4.60. The number of amidine groups is 1. The number of likely N-dealkylation sites (N-methyl/N-ethyl adjacent to an activating group) is 1. The van der Waals surface area contributed by atoms with Gasteiger partial charge in [0.25, 0.3) is 16.6 Å². The van der Waals surface area contributed by atoms with E-state index in [9.17, 15) is 9.59 Å². The second-order valence-corrected chi connectivity index (χ2v) is 12.5. The van der Waals surface area contributed by atoms with Gasteiger partial charge in [-0.15, -0.1) is 11.3 Å². The second-order valence-electron chi connectivity index (χ2n) is 9.25. The minimum absolute atomic E-state index is 0.107. The number of nitrogens with zero attached hydrogens (tertiary/aromatic N) is 5. The summed E-state index contributed by atoms with van der Waals surface area (Å²) in [7, 11) is 3.87. The van der Waals surface area contributed by atoms with Crippen molar-refractivity contribution < 1.29 is 9.36 Å². The molecule has 2 aliphatic heterocycles. The number of carbonyl (C=O) groups is 1. The maximum absolute atomic E-state index is 14.1. The van der Waals surface area contributed by atoms with Crippen LogP contribution in [0.1, 0.15) is 6.92 Å². The summed E-state index contributed by atoms with van der Waals surface area (Å²) in [4.78, 5) is 36.7. The van der Waals surface area contributed by atoms with Crippen LogP contribution in [0.25, 0.3) is 21.9 Å². The Morgan fingerprint density at radius 1 is 1.02 bits per heavy atom. The molecule has 7 nitrogen and oxygen atoms in total. The Labute approximate surface area is 254 Å². The zero-order valence-electron chi connectivity index (χ0n) is 22.4. The fourth-order valence-corrected chi connectivity index (χ4v) is 8.13. The average Bonchev–Trinajstić information content (AvgIpc) is 3.62. The van der Waals surface area contributed by atoms with Gasteiger partial charge in [-0.1, -0.05) is 47.2 Å². The van der Waals surface area contributed by atoms with Gasteiger partial charge in [0.15, 0.2) is 0 Å². The molecule has 0 radical (unpaired) electrons. The van der Waals surface area contributed by atoms with Crippen LogP contribution in [0.15, 0.2) is 94.2 Å². The van der Waals surface area contributed by atoms with E-state index in [-0.39, 0.29) is 11.5 Å². The third-order valence-electron chi connectivity index (χ3n) is 6.73. The van der Waals surface area contributed by atoms with Crippen LogP contribution >= 0.6 is 46.0 Å². The summed E-state index contributed by atoms with van der Waals surface area (Å²) < 4.78 is 4.92. The highest BCUT2D eigenvalue weighted by Crippen LogP contribution is 2.37. The minimum Gasteiger partial charge on any atom is -0.350 e. The van der Waals surface area contributed by atoms with Crippen LogP contribution < -0.4 is 24.2 Å². The number of hydrogen-bond donors (Lipinski definition) is 0. The predicted molar refractivity (Wildman–Crippen MR) is 171 cm³/mol. The minimum atomic E-state index is -0.204. The first-order valence-electron chi connectivity index (χ1n) is 12.8. The molecule has 0 bridgehead atoms. The third kappa shape index (κ3) is 5.01. The summed E-state index contributed by atoms with van der Waals surface area (Å²) in [5, 5.41) is 4.00. The van der Waals surface area contributed by atoms with E-state index in [1.165, 1.54) is 34.4 Å². The standard InChI is InChI=1S/C30H25ClN5O2S3/c1-4-35-26(37)24(22-12-8-9-17-33(22)2)40-28(35)25-27(38)36(21-10-6-5-7-11-21)30(41-25)32-29-34(3)23(18-39-29)19-13-15-20(31)16-14-19/h5-18H,4H2,1-3H3/q+1/b24-22-,28-25-. The summed E-state index contributed by atoms with van der Waals surface area (Å²) in [5.74, 6) is -0.204. The number of anilines is 1. The molecule has 1 amide bonds. The lowest BCUT2D eigenvalue weighted by Crippen LogP contribution is -2.35. The van der Waals surface area contributed by atoms with Crippen LogP contribution in [-0.4, -0.2) is 27.6 Å². The Bertz CT molecular complexity index is 1940. The first kappa shape index (κ1) is 27.5. The van der Waals surface area contributed by atoms with Crippen molar-refractivity contribution in [3.8, 4) is 11.3 Å². The van der Waals surface area contributed by atoms with E-state index in [4.69, 9.17) is 16.6 Å². The Morgan fingerprint density at radius 2 is 1.78 bits per heavy atom. The summed E-state index contributed by atoms with van der Waals surface area (Å²) >= 11 is 10.2. The number of benzene rings is 2. The molecule has 2 aromatic heterocycles. The Balaban J connectivity index is 1.53. The Kier molecular flexibility index (Phi) is 7.56. The van der Waals surface area contributed by atoms with Gasteiger partial charge in [0.2, 0.25) is 0 Å². The molecule has 2 aliphatic rings. The molecule has 1 fully saturated rings. The number of para-hydroxylation sites is 1.